The second-order valence-electron chi connectivity index (χ2n) is 6.81. The highest BCUT2D eigenvalue weighted by Crippen LogP contribution is 2.22. The van der Waals surface area contributed by atoms with Gasteiger partial charge in [0, 0.05) is 11.8 Å². The van der Waals surface area contributed by atoms with Crippen LogP contribution in [0.3, 0.4) is 0 Å². The Kier molecular flexibility index (Phi) is 4.94. The third-order valence-corrected chi connectivity index (χ3v) is 5.47. The number of benzene rings is 1. The number of aromatic nitrogens is 4. The maximum Gasteiger partial charge on any atom is 0.254 e. The Balaban J connectivity index is 1.44. The molecule has 3 aromatic rings. The molecule has 1 saturated carbocycles. The van der Waals surface area contributed by atoms with E-state index in [0.29, 0.717) is 17.4 Å². The number of carbonyl (C=O) groups is 1. The summed E-state index contributed by atoms with van der Waals surface area (Å²) < 4.78 is 1.66. The molecule has 6 nitrogen and oxygen atoms in total. The fourth-order valence-electron chi connectivity index (χ4n) is 2.82. The first-order valence-electron chi connectivity index (χ1n) is 8.98. The van der Waals surface area contributed by atoms with Crippen molar-refractivity contribution in [2.45, 2.75) is 43.5 Å². The van der Waals surface area contributed by atoms with E-state index in [4.69, 9.17) is 0 Å². The molecule has 4 rings (SSSR count). The molecule has 1 aromatic carbocycles. The molecule has 27 heavy (non-hydrogen) atoms. The van der Waals surface area contributed by atoms with Crippen LogP contribution in [0.15, 0.2) is 47.6 Å². The summed E-state index contributed by atoms with van der Waals surface area (Å²) >= 11 is 1.65. The van der Waals surface area contributed by atoms with Crippen LogP contribution < -0.4 is 5.32 Å². The number of hydrogen-bond acceptors (Lipinski definition) is 5. The topological polar surface area (TPSA) is 72.7 Å². The van der Waals surface area contributed by atoms with Crippen LogP contribution >= 0.6 is 11.8 Å². The normalized spacial score (nSPS) is 13.6. The van der Waals surface area contributed by atoms with Crippen molar-refractivity contribution in [1.29, 1.82) is 0 Å². The third-order valence-electron chi connectivity index (χ3n) is 4.48. The Labute approximate surface area is 162 Å². The maximum atomic E-state index is 12.3. The lowest BCUT2D eigenvalue weighted by atomic mass is 10.2. The highest BCUT2D eigenvalue weighted by molar-refractivity contribution is 7.98. The molecule has 0 spiro atoms. The fourth-order valence-corrected chi connectivity index (χ4v) is 3.57. The number of rotatable bonds is 6. The molecule has 7 heteroatoms. The minimum absolute atomic E-state index is 0.0699. The molecule has 1 aliphatic rings. The van der Waals surface area contributed by atoms with Crippen molar-refractivity contribution in [1.82, 2.24) is 25.3 Å². The van der Waals surface area contributed by atoms with E-state index in [0.717, 1.165) is 29.3 Å². The predicted octanol–water partition coefficient (Wildman–Crippen LogP) is 3.46. The molecule has 2 heterocycles. The molecule has 1 N–H and O–H groups in total. The Bertz CT molecular complexity index is 963. The predicted molar refractivity (Wildman–Crippen MR) is 105 cm³/mol. The lowest BCUT2D eigenvalue weighted by molar-refractivity contribution is 0.0950. The summed E-state index contributed by atoms with van der Waals surface area (Å²) in [6.45, 7) is 3.96. The number of hydrogen-bond donors (Lipinski definition) is 1. The zero-order valence-electron chi connectivity index (χ0n) is 15.3. The zero-order chi connectivity index (χ0) is 18.8. The van der Waals surface area contributed by atoms with E-state index in [-0.39, 0.29) is 5.91 Å². The highest BCUT2D eigenvalue weighted by atomic mass is 32.2. The van der Waals surface area contributed by atoms with Crippen molar-refractivity contribution >= 4 is 17.7 Å². The second-order valence-corrected chi connectivity index (χ2v) is 7.81. The number of thioether (sulfide) groups is 1. The van der Waals surface area contributed by atoms with Gasteiger partial charge in [0.2, 0.25) is 0 Å². The van der Waals surface area contributed by atoms with Gasteiger partial charge in [-0.3, -0.25) is 4.79 Å². The monoisotopic (exact) mass is 379 g/mol. The minimum Gasteiger partial charge on any atom is -0.349 e. The molecule has 0 radical (unpaired) electrons. The second kappa shape index (κ2) is 7.52. The van der Waals surface area contributed by atoms with Crippen LogP contribution in [0.2, 0.25) is 0 Å². The molecule has 1 amide bonds. The van der Waals surface area contributed by atoms with E-state index in [1.54, 1.807) is 22.6 Å². The first-order chi connectivity index (χ1) is 13.1. The van der Waals surface area contributed by atoms with Gasteiger partial charge in [0.25, 0.3) is 5.91 Å². The summed E-state index contributed by atoms with van der Waals surface area (Å²) in [5, 5.41) is 16.7. The van der Waals surface area contributed by atoms with E-state index in [9.17, 15) is 4.79 Å². The lowest BCUT2D eigenvalue weighted by Gasteiger charge is -2.06. The average Bonchev–Trinajstić information content (AvgIpc) is 3.39. The quantitative estimate of drug-likeness (QED) is 0.664. The van der Waals surface area contributed by atoms with Gasteiger partial charge < -0.3 is 5.32 Å². The summed E-state index contributed by atoms with van der Waals surface area (Å²) in [6, 6.07) is 12.6. The molecular weight excluding hydrogens is 358 g/mol. The van der Waals surface area contributed by atoms with Crippen molar-refractivity contribution in [3.05, 3.63) is 65.0 Å². The van der Waals surface area contributed by atoms with Gasteiger partial charge in [-0.25, -0.2) is 4.68 Å². The Morgan fingerprint density at radius 2 is 2.07 bits per heavy atom. The average molecular weight is 379 g/mol. The van der Waals surface area contributed by atoms with Crippen molar-refractivity contribution in [3.63, 3.8) is 0 Å². The molecule has 0 aliphatic heterocycles. The summed E-state index contributed by atoms with van der Waals surface area (Å²) in [4.78, 5) is 12.3. The molecule has 0 bridgehead atoms. The summed E-state index contributed by atoms with van der Waals surface area (Å²) in [6.07, 6.45) is 3.72. The van der Waals surface area contributed by atoms with Gasteiger partial charge in [0.1, 0.15) is 5.03 Å². The molecular formula is C20H21N5OS. The minimum atomic E-state index is -0.0699. The van der Waals surface area contributed by atoms with Gasteiger partial charge in [-0.05, 0) is 44.4 Å². The molecule has 0 saturated heterocycles. The van der Waals surface area contributed by atoms with Crippen LogP contribution in [0.1, 0.15) is 40.0 Å². The SMILES string of the molecule is Cc1cccc(CSc2ccc(-n3ncc(C(=O)NC4CC4)c3C)nn2)c1. The summed E-state index contributed by atoms with van der Waals surface area (Å²) in [5.74, 6) is 1.39. The highest BCUT2D eigenvalue weighted by Gasteiger charge is 2.25. The Morgan fingerprint density at radius 3 is 2.78 bits per heavy atom. The van der Waals surface area contributed by atoms with Crippen LogP contribution in [0, 0.1) is 13.8 Å². The van der Waals surface area contributed by atoms with E-state index in [1.807, 2.05) is 19.1 Å². The zero-order valence-corrected chi connectivity index (χ0v) is 16.2. The van der Waals surface area contributed by atoms with E-state index in [2.05, 4.69) is 51.8 Å². The van der Waals surface area contributed by atoms with Gasteiger partial charge in [-0.15, -0.1) is 10.2 Å². The van der Waals surface area contributed by atoms with Crippen molar-refractivity contribution in [3.8, 4) is 5.82 Å². The van der Waals surface area contributed by atoms with Gasteiger partial charge >= 0.3 is 0 Å². The fraction of sp³-hybridized carbons (Fsp3) is 0.300. The van der Waals surface area contributed by atoms with Gasteiger partial charge in [0.15, 0.2) is 5.82 Å². The lowest BCUT2D eigenvalue weighted by Crippen LogP contribution is -2.25. The van der Waals surface area contributed by atoms with Crippen molar-refractivity contribution in [2.75, 3.05) is 0 Å². The summed E-state index contributed by atoms with van der Waals surface area (Å²) in [5.41, 5.74) is 3.87. The largest absolute Gasteiger partial charge is 0.349 e. The Morgan fingerprint density at radius 1 is 1.22 bits per heavy atom. The van der Waals surface area contributed by atoms with Crippen molar-refractivity contribution < 1.29 is 4.79 Å². The number of aryl methyl sites for hydroxylation is 1. The van der Waals surface area contributed by atoms with Crippen LogP contribution in [0.5, 0.6) is 0 Å². The van der Waals surface area contributed by atoms with E-state index in [1.165, 1.54) is 11.1 Å². The molecule has 1 fully saturated rings. The van der Waals surface area contributed by atoms with Crippen molar-refractivity contribution in [2.24, 2.45) is 0 Å². The van der Waals surface area contributed by atoms with E-state index < -0.39 is 0 Å². The summed E-state index contributed by atoms with van der Waals surface area (Å²) in [7, 11) is 0. The molecule has 1 aliphatic carbocycles. The van der Waals surface area contributed by atoms with E-state index >= 15 is 0 Å². The maximum absolute atomic E-state index is 12.3. The molecule has 2 aromatic heterocycles. The molecule has 138 valence electrons. The third kappa shape index (κ3) is 4.19. The van der Waals surface area contributed by atoms with Crippen LogP contribution in [-0.2, 0) is 5.75 Å². The smallest absolute Gasteiger partial charge is 0.254 e. The first-order valence-corrected chi connectivity index (χ1v) is 9.96. The Hall–Kier alpha value is -2.67. The number of carbonyl (C=O) groups excluding carboxylic acids is 1. The molecule has 0 unspecified atom stereocenters. The van der Waals surface area contributed by atoms with Gasteiger partial charge in [0.05, 0.1) is 17.5 Å². The standard InChI is InChI=1S/C20H21N5OS/c1-13-4-3-5-15(10-13)12-27-19-9-8-18(23-24-19)25-14(2)17(11-21-25)20(26)22-16-6-7-16/h3-5,8-11,16H,6-7,12H2,1-2H3,(H,22,26). The van der Waals surface area contributed by atoms with Gasteiger partial charge in [-0.1, -0.05) is 41.6 Å². The van der Waals surface area contributed by atoms with Crippen LogP contribution in [0.4, 0.5) is 0 Å². The molecule has 0 atom stereocenters. The first kappa shape index (κ1) is 17.7. The number of nitrogens with one attached hydrogen (secondary N) is 1. The van der Waals surface area contributed by atoms with Gasteiger partial charge in [-0.2, -0.15) is 5.10 Å². The number of nitrogens with zero attached hydrogens (tertiary/aromatic N) is 4. The number of amides is 1. The van der Waals surface area contributed by atoms with Crippen LogP contribution in [-0.4, -0.2) is 31.9 Å². The van der Waals surface area contributed by atoms with Crippen LogP contribution in [0.25, 0.3) is 5.82 Å².